The van der Waals surface area contributed by atoms with Crippen LogP contribution < -0.4 is 14.8 Å². The third-order valence-electron chi connectivity index (χ3n) is 4.80. The van der Waals surface area contributed by atoms with E-state index in [0.717, 1.165) is 34.0 Å². The summed E-state index contributed by atoms with van der Waals surface area (Å²) in [5.74, 6) is 2.74. The van der Waals surface area contributed by atoms with E-state index in [0.29, 0.717) is 6.54 Å². The molecule has 1 N–H and O–H groups in total. The van der Waals surface area contributed by atoms with Gasteiger partial charge in [0.1, 0.15) is 17.3 Å². The second-order valence-corrected chi connectivity index (χ2v) is 6.72. The molecular formula is C22H27N3O2. The van der Waals surface area contributed by atoms with Crippen molar-refractivity contribution in [3.8, 4) is 11.5 Å². The number of aryl methyl sites for hydroxylation is 3. The summed E-state index contributed by atoms with van der Waals surface area (Å²) >= 11 is 0. The summed E-state index contributed by atoms with van der Waals surface area (Å²) in [5, 5.41) is 3.66. The molecule has 2 aromatic carbocycles. The van der Waals surface area contributed by atoms with Crippen molar-refractivity contribution in [2.24, 2.45) is 7.05 Å². The van der Waals surface area contributed by atoms with Crippen LogP contribution in [-0.4, -0.2) is 23.8 Å². The van der Waals surface area contributed by atoms with Crippen molar-refractivity contribution in [1.29, 1.82) is 0 Å². The maximum atomic E-state index is 5.59. The highest BCUT2D eigenvalue weighted by Crippen LogP contribution is 2.30. The van der Waals surface area contributed by atoms with Crippen LogP contribution >= 0.6 is 0 Å². The first-order chi connectivity index (χ1) is 13.0. The van der Waals surface area contributed by atoms with Crippen LogP contribution in [0.3, 0.4) is 0 Å². The van der Waals surface area contributed by atoms with E-state index in [9.17, 15) is 0 Å². The van der Waals surface area contributed by atoms with E-state index in [1.165, 1.54) is 5.56 Å². The van der Waals surface area contributed by atoms with Crippen molar-refractivity contribution >= 4 is 0 Å². The Labute approximate surface area is 161 Å². The standard InChI is InChI=1S/C22H27N3O2/c1-15-12-17(13-16(2)21(15)27-5)14-24-20(22-23-10-11-25(22)3)18-8-6-7-9-19(18)26-4/h6-13,20,24H,14H2,1-5H3. The fraction of sp³-hybridized carbons (Fsp3) is 0.318. The van der Waals surface area contributed by atoms with Crippen molar-refractivity contribution in [2.45, 2.75) is 26.4 Å². The second-order valence-electron chi connectivity index (χ2n) is 6.72. The van der Waals surface area contributed by atoms with E-state index < -0.39 is 0 Å². The van der Waals surface area contributed by atoms with E-state index in [-0.39, 0.29) is 6.04 Å². The maximum Gasteiger partial charge on any atom is 0.130 e. The highest BCUT2D eigenvalue weighted by Gasteiger charge is 2.21. The number of hydrogen-bond donors (Lipinski definition) is 1. The lowest BCUT2D eigenvalue weighted by molar-refractivity contribution is 0.401. The Balaban J connectivity index is 1.93. The molecule has 0 aliphatic heterocycles. The molecule has 5 nitrogen and oxygen atoms in total. The van der Waals surface area contributed by atoms with Crippen LogP contribution in [0.1, 0.15) is 34.1 Å². The summed E-state index contributed by atoms with van der Waals surface area (Å²) < 4.78 is 13.1. The molecule has 3 rings (SSSR count). The summed E-state index contributed by atoms with van der Waals surface area (Å²) in [6.07, 6.45) is 3.78. The summed E-state index contributed by atoms with van der Waals surface area (Å²) in [6, 6.07) is 12.3. The van der Waals surface area contributed by atoms with Gasteiger partial charge in [0.25, 0.3) is 0 Å². The molecule has 1 atom stereocenters. The first-order valence-corrected chi connectivity index (χ1v) is 9.02. The van der Waals surface area contributed by atoms with Crippen LogP contribution in [0.5, 0.6) is 11.5 Å². The van der Waals surface area contributed by atoms with Gasteiger partial charge in [-0.3, -0.25) is 5.32 Å². The molecule has 5 heteroatoms. The molecule has 0 fully saturated rings. The first kappa shape index (κ1) is 19.0. The topological polar surface area (TPSA) is 48.3 Å². The predicted octanol–water partition coefficient (Wildman–Crippen LogP) is 3.93. The Morgan fingerprint density at radius 2 is 1.78 bits per heavy atom. The van der Waals surface area contributed by atoms with Gasteiger partial charge in [-0.05, 0) is 36.6 Å². The number of nitrogens with one attached hydrogen (secondary N) is 1. The summed E-state index contributed by atoms with van der Waals surface area (Å²) in [7, 11) is 5.42. The molecule has 1 heterocycles. The van der Waals surface area contributed by atoms with Crippen LogP contribution in [0.15, 0.2) is 48.8 Å². The lowest BCUT2D eigenvalue weighted by atomic mass is 10.0. The quantitative estimate of drug-likeness (QED) is 0.689. The molecule has 0 aliphatic rings. The Bertz CT molecular complexity index is 894. The fourth-order valence-corrected chi connectivity index (χ4v) is 3.58. The van der Waals surface area contributed by atoms with Gasteiger partial charge in [-0.1, -0.05) is 30.3 Å². The molecule has 0 saturated carbocycles. The Kier molecular flexibility index (Phi) is 5.81. The van der Waals surface area contributed by atoms with E-state index in [2.05, 4.69) is 42.3 Å². The Hall–Kier alpha value is -2.79. The number of methoxy groups -OCH3 is 2. The van der Waals surface area contributed by atoms with Gasteiger partial charge in [-0.25, -0.2) is 4.98 Å². The van der Waals surface area contributed by atoms with Gasteiger partial charge in [0.05, 0.1) is 20.3 Å². The number of benzene rings is 2. The van der Waals surface area contributed by atoms with Gasteiger partial charge in [-0.2, -0.15) is 0 Å². The number of imidazole rings is 1. The smallest absolute Gasteiger partial charge is 0.130 e. The van der Waals surface area contributed by atoms with Crippen LogP contribution in [0.4, 0.5) is 0 Å². The molecule has 1 aromatic heterocycles. The molecule has 0 saturated heterocycles. The summed E-state index contributed by atoms with van der Waals surface area (Å²) in [4.78, 5) is 4.57. The van der Waals surface area contributed by atoms with Crippen molar-refractivity contribution in [3.63, 3.8) is 0 Å². The van der Waals surface area contributed by atoms with E-state index in [4.69, 9.17) is 9.47 Å². The Morgan fingerprint density at radius 3 is 2.37 bits per heavy atom. The van der Waals surface area contributed by atoms with Gasteiger partial charge in [0.2, 0.25) is 0 Å². The molecule has 27 heavy (non-hydrogen) atoms. The number of hydrogen-bond acceptors (Lipinski definition) is 4. The number of aromatic nitrogens is 2. The highest BCUT2D eigenvalue weighted by atomic mass is 16.5. The molecule has 0 aliphatic carbocycles. The zero-order valence-electron chi connectivity index (χ0n) is 16.6. The zero-order valence-corrected chi connectivity index (χ0v) is 16.6. The van der Waals surface area contributed by atoms with Crippen LogP contribution in [-0.2, 0) is 13.6 Å². The van der Waals surface area contributed by atoms with Crippen molar-refractivity contribution in [2.75, 3.05) is 14.2 Å². The molecule has 1 unspecified atom stereocenters. The minimum Gasteiger partial charge on any atom is -0.496 e. The zero-order chi connectivity index (χ0) is 19.4. The number of ether oxygens (including phenoxy) is 2. The first-order valence-electron chi connectivity index (χ1n) is 9.02. The molecule has 0 spiro atoms. The minimum atomic E-state index is -0.0798. The van der Waals surface area contributed by atoms with E-state index in [1.54, 1.807) is 14.2 Å². The lowest BCUT2D eigenvalue weighted by Crippen LogP contribution is -2.25. The fourth-order valence-electron chi connectivity index (χ4n) is 3.58. The van der Waals surface area contributed by atoms with Crippen molar-refractivity contribution < 1.29 is 9.47 Å². The molecule has 3 aromatic rings. The number of nitrogens with zero attached hydrogens (tertiary/aromatic N) is 2. The van der Waals surface area contributed by atoms with Crippen molar-refractivity contribution in [3.05, 3.63) is 76.9 Å². The number of para-hydroxylation sites is 1. The predicted molar refractivity (Wildman–Crippen MR) is 107 cm³/mol. The maximum absolute atomic E-state index is 5.59. The van der Waals surface area contributed by atoms with Crippen LogP contribution in [0.2, 0.25) is 0 Å². The Morgan fingerprint density at radius 1 is 1.07 bits per heavy atom. The van der Waals surface area contributed by atoms with Gasteiger partial charge < -0.3 is 14.0 Å². The van der Waals surface area contributed by atoms with Crippen molar-refractivity contribution in [1.82, 2.24) is 14.9 Å². The van der Waals surface area contributed by atoms with Gasteiger partial charge in [0.15, 0.2) is 0 Å². The third-order valence-corrected chi connectivity index (χ3v) is 4.80. The summed E-state index contributed by atoms with van der Waals surface area (Å²) in [6.45, 7) is 4.86. The molecule has 142 valence electrons. The van der Waals surface area contributed by atoms with Gasteiger partial charge in [0, 0.05) is 31.5 Å². The summed E-state index contributed by atoms with van der Waals surface area (Å²) in [5.41, 5.74) is 4.55. The molecule has 0 amide bonds. The van der Waals surface area contributed by atoms with Gasteiger partial charge in [-0.15, -0.1) is 0 Å². The number of rotatable bonds is 7. The highest BCUT2D eigenvalue weighted by molar-refractivity contribution is 5.44. The van der Waals surface area contributed by atoms with E-state index >= 15 is 0 Å². The average Bonchev–Trinajstić information content (AvgIpc) is 3.08. The lowest BCUT2D eigenvalue weighted by Gasteiger charge is -2.22. The van der Waals surface area contributed by atoms with Crippen LogP contribution in [0, 0.1) is 13.8 Å². The monoisotopic (exact) mass is 365 g/mol. The molecule has 0 radical (unpaired) electrons. The van der Waals surface area contributed by atoms with E-state index in [1.807, 2.05) is 42.2 Å². The normalized spacial score (nSPS) is 12.0. The largest absolute Gasteiger partial charge is 0.496 e. The minimum absolute atomic E-state index is 0.0798. The third kappa shape index (κ3) is 3.98. The SMILES string of the molecule is COc1ccccc1C(NCc1cc(C)c(OC)c(C)c1)c1nccn1C. The molecule has 0 bridgehead atoms. The second kappa shape index (κ2) is 8.27. The van der Waals surface area contributed by atoms with Gasteiger partial charge >= 0.3 is 0 Å². The average molecular weight is 365 g/mol. The van der Waals surface area contributed by atoms with Crippen LogP contribution in [0.25, 0.3) is 0 Å². The molecular weight excluding hydrogens is 338 g/mol.